The molecule has 0 unspecified atom stereocenters. The first-order valence-electron chi connectivity index (χ1n) is 8.35. The zero-order valence-corrected chi connectivity index (χ0v) is 15.5. The maximum Gasteiger partial charge on any atom is 0.257 e. The van der Waals surface area contributed by atoms with Gasteiger partial charge in [0.1, 0.15) is 11.6 Å². The number of nitrogens with two attached hydrogens (primary N) is 1. The topological polar surface area (TPSA) is 81.4 Å². The van der Waals surface area contributed by atoms with Crippen molar-refractivity contribution in [2.75, 3.05) is 11.9 Å². The molecule has 2 aromatic carbocycles. The third-order valence-corrected chi connectivity index (χ3v) is 4.59. The number of carbonyl (C=O) groups is 2. The van der Waals surface area contributed by atoms with Crippen LogP contribution in [0.3, 0.4) is 0 Å². The Hall–Kier alpha value is -3.45. The summed E-state index contributed by atoms with van der Waals surface area (Å²) in [4.78, 5) is 24.5. The molecule has 0 spiro atoms. The third-order valence-electron chi connectivity index (χ3n) is 3.69. The minimum Gasteiger partial charge on any atom is -0.484 e. The maximum atomic E-state index is 13.2. The van der Waals surface area contributed by atoms with Gasteiger partial charge in [0.05, 0.1) is 5.57 Å². The number of benzene rings is 2. The Morgan fingerprint density at radius 1 is 1.11 bits per heavy atom. The summed E-state index contributed by atoms with van der Waals surface area (Å²) in [5.74, 6) is -0.834. The first kappa shape index (κ1) is 19.3. The highest BCUT2D eigenvalue weighted by molar-refractivity contribution is 7.11. The molecule has 0 atom stereocenters. The quantitative estimate of drug-likeness (QED) is 0.594. The van der Waals surface area contributed by atoms with E-state index >= 15 is 0 Å². The molecule has 2 amide bonds. The molecular weight excluding hydrogens is 379 g/mol. The van der Waals surface area contributed by atoms with E-state index in [1.165, 1.54) is 23.5 Å². The van der Waals surface area contributed by atoms with Gasteiger partial charge in [-0.2, -0.15) is 0 Å². The number of carbonyl (C=O) groups excluding carboxylic acids is 2. The number of hydrogen-bond donors (Lipinski definition) is 2. The number of anilines is 1. The zero-order chi connectivity index (χ0) is 19.9. The van der Waals surface area contributed by atoms with Gasteiger partial charge in [-0.3, -0.25) is 9.59 Å². The van der Waals surface area contributed by atoms with Crippen LogP contribution in [0.15, 0.2) is 66.0 Å². The van der Waals surface area contributed by atoms with Crippen LogP contribution in [0, 0.1) is 5.82 Å². The fourth-order valence-corrected chi connectivity index (χ4v) is 3.16. The highest BCUT2D eigenvalue weighted by Crippen LogP contribution is 2.26. The number of primary amides is 1. The number of ether oxygens (including phenoxy) is 1. The molecule has 0 fully saturated rings. The van der Waals surface area contributed by atoms with Gasteiger partial charge in [-0.05, 0) is 47.4 Å². The first-order valence-corrected chi connectivity index (χ1v) is 9.23. The molecule has 0 aliphatic rings. The molecule has 142 valence electrons. The lowest BCUT2D eigenvalue weighted by Crippen LogP contribution is -2.20. The van der Waals surface area contributed by atoms with E-state index in [-0.39, 0.29) is 18.3 Å². The molecular formula is C21H17FN2O3S. The summed E-state index contributed by atoms with van der Waals surface area (Å²) in [6, 6.07) is 16.3. The van der Waals surface area contributed by atoms with Crippen LogP contribution in [0.1, 0.15) is 10.4 Å². The highest BCUT2D eigenvalue weighted by Gasteiger charge is 2.14. The largest absolute Gasteiger partial charge is 0.484 e. The molecule has 28 heavy (non-hydrogen) atoms. The van der Waals surface area contributed by atoms with Gasteiger partial charge < -0.3 is 15.8 Å². The number of hydrogen-bond acceptors (Lipinski definition) is 4. The second-order valence-corrected chi connectivity index (χ2v) is 6.77. The van der Waals surface area contributed by atoms with Crippen LogP contribution >= 0.6 is 11.3 Å². The van der Waals surface area contributed by atoms with Crippen LogP contribution in [-0.2, 0) is 9.59 Å². The Morgan fingerprint density at radius 3 is 2.57 bits per heavy atom. The van der Waals surface area contributed by atoms with Crippen molar-refractivity contribution in [2.24, 2.45) is 5.73 Å². The second kappa shape index (κ2) is 8.96. The Kier molecular flexibility index (Phi) is 6.18. The predicted molar refractivity (Wildman–Crippen MR) is 108 cm³/mol. The molecule has 0 saturated carbocycles. The molecule has 1 heterocycles. The van der Waals surface area contributed by atoms with Crippen LogP contribution < -0.4 is 15.8 Å². The second-order valence-electron chi connectivity index (χ2n) is 5.82. The Morgan fingerprint density at radius 2 is 1.89 bits per heavy atom. The maximum absolute atomic E-state index is 13.2. The normalized spacial score (nSPS) is 11.1. The zero-order valence-electron chi connectivity index (χ0n) is 14.7. The van der Waals surface area contributed by atoms with E-state index in [2.05, 4.69) is 5.32 Å². The van der Waals surface area contributed by atoms with E-state index in [1.54, 1.807) is 42.5 Å². The molecule has 7 heteroatoms. The fraction of sp³-hybridized carbons (Fsp3) is 0.0476. The summed E-state index contributed by atoms with van der Waals surface area (Å²) < 4.78 is 18.4. The van der Waals surface area contributed by atoms with Crippen LogP contribution in [-0.4, -0.2) is 18.4 Å². The van der Waals surface area contributed by atoms with E-state index < -0.39 is 5.91 Å². The summed E-state index contributed by atoms with van der Waals surface area (Å²) in [5, 5.41) is 4.69. The summed E-state index contributed by atoms with van der Waals surface area (Å²) in [6.45, 7) is -0.248. The average Bonchev–Trinajstić information content (AvgIpc) is 3.20. The molecule has 0 aliphatic heterocycles. The molecule has 3 N–H and O–H groups in total. The summed E-state index contributed by atoms with van der Waals surface area (Å²) in [5.41, 5.74) is 6.74. The molecule has 0 radical (unpaired) electrons. The van der Waals surface area contributed by atoms with Gasteiger partial charge in [0.25, 0.3) is 11.8 Å². The van der Waals surface area contributed by atoms with Crippen LogP contribution in [0.25, 0.3) is 11.6 Å². The molecule has 0 saturated heterocycles. The van der Waals surface area contributed by atoms with Crippen molar-refractivity contribution in [3.63, 3.8) is 0 Å². The predicted octanol–water partition coefficient (Wildman–Crippen LogP) is 3.93. The molecule has 3 aromatic rings. The third kappa shape index (κ3) is 5.28. The SMILES string of the molecule is NC(=O)COc1cccc(NC(=O)/C(=C/c2ccc(F)cc2)c2cccs2)c1. The lowest BCUT2D eigenvalue weighted by atomic mass is 10.1. The Bertz CT molecular complexity index is 999. The van der Waals surface area contributed by atoms with E-state index in [0.717, 1.165) is 4.88 Å². The van der Waals surface area contributed by atoms with Crippen molar-refractivity contribution < 1.29 is 18.7 Å². The average molecular weight is 396 g/mol. The fourth-order valence-electron chi connectivity index (χ4n) is 2.42. The number of rotatable bonds is 7. The van der Waals surface area contributed by atoms with Crippen LogP contribution in [0.2, 0.25) is 0 Å². The molecule has 0 aliphatic carbocycles. The van der Waals surface area contributed by atoms with Crippen molar-refractivity contribution in [3.05, 3.63) is 82.3 Å². The van der Waals surface area contributed by atoms with E-state index in [1.807, 2.05) is 17.5 Å². The Labute approximate surface area is 165 Å². The van der Waals surface area contributed by atoms with Crippen LogP contribution in [0.5, 0.6) is 5.75 Å². The first-order chi connectivity index (χ1) is 13.5. The van der Waals surface area contributed by atoms with E-state index in [4.69, 9.17) is 10.5 Å². The highest BCUT2D eigenvalue weighted by atomic mass is 32.1. The molecule has 1 aromatic heterocycles. The van der Waals surface area contributed by atoms with Gasteiger partial charge in [0.2, 0.25) is 0 Å². The summed E-state index contributed by atoms with van der Waals surface area (Å²) >= 11 is 1.43. The van der Waals surface area contributed by atoms with Gasteiger partial charge in [0, 0.05) is 16.6 Å². The number of nitrogens with one attached hydrogen (secondary N) is 1. The molecule has 0 bridgehead atoms. The number of halogens is 1. The lowest BCUT2D eigenvalue weighted by Gasteiger charge is -2.10. The van der Waals surface area contributed by atoms with Gasteiger partial charge in [-0.15, -0.1) is 11.3 Å². The minimum absolute atomic E-state index is 0.248. The number of thiophene rings is 1. The summed E-state index contributed by atoms with van der Waals surface area (Å²) in [6.07, 6.45) is 1.70. The van der Waals surface area contributed by atoms with Crippen molar-refractivity contribution >= 4 is 40.5 Å². The monoisotopic (exact) mass is 396 g/mol. The van der Waals surface area contributed by atoms with E-state index in [0.29, 0.717) is 22.6 Å². The standard InChI is InChI=1S/C21H17FN2O3S/c22-15-8-6-14(7-9-15)11-18(19-5-2-10-28-19)21(26)24-16-3-1-4-17(12-16)27-13-20(23)25/h1-12H,13H2,(H2,23,25)(H,24,26)/b18-11+. The number of amides is 2. The molecule has 3 rings (SSSR count). The van der Waals surface area contributed by atoms with Crippen molar-refractivity contribution in [3.8, 4) is 5.75 Å². The van der Waals surface area contributed by atoms with Gasteiger partial charge >= 0.3 is 0 Å². The van der Waals surface area contributed by atoms with Crippen molar-refractivity contribution in [1.82, 2.24) is 0 Å². The smallest absolute Gasteiger partial charge is 0.257 e. The van der Waals surface area contributed by atoms with Gasteiger partial charge in [-0.25, -0.2) is 4.39 Å². The molecule has 5 nitrogen and oxygen atoms in total. The van der Waals surface area contributed by atoms with Crippen LogP contribution in [0.4, 0.5) is 10.1 Å². The lowest BCUT2D eigenvalue weighted by molar-refractivity contribution is -0.120. The van der Waals surface area contributed by atoms with Crippen molar-refractivity contribution in [1.29, 1.82) is 0 Å². The van der Waals surface area contributed by atoms with Crippen molar-refractivity contribution in [2.45, 2.75) is 0 Å². The summed E-state index contributed by atoms with van der Waals surface area (Å²) in [7, 11) is 0. The van der Waals surface area contributed by atoms with Gasteiger partial charge in [-0.1, -0.05) is 24.3 Å². The Balaban J connectivity index is 1.83. The van der Waals surface area contributed by atoms with Gasteiger partial charge in [0.15, 0.2) is 6.61 Å². The minimum atomic E-state index is -0.586. The van der Waals surface area contributed by atoms with E-state index in [9.17, 15) is 14.0 Å².